The fraction of sp³-hybridized carbons (Fsp3) is 0.579. The molecule has 0 radical (unpaired) electrons. The summed E-state index contributed by atoms with van der Waals surface area (Å²) in [6.07, 6.45) is 4.37. The van der Waals surface area contributed by atoms with Crippen molar-refractivity contribution in [1.82, 2.24) is 4.90 Å². The molecule has 1 aromatic carbocycles. The van der Waals surface area contributed by atoms with Gasteiger partial charge in [0.1, 0.15) is 6.04 Å². The number of hydrogen-bond acceptors (Lipinski definition) is 3. The zero-order chi connectivity index (χ0) is 17.5. The molecule has 5 nitrogen and oxygen atoms in total. The Balaban J connectivity index is 1.99. The summed E-state index contributed by atoms with van der Waals surface area (Å²) < 4.78 is 0. The molecule has 1 unspecified atom stereocenters. The monoisotopic (exact) mass is 331 g/mol. The molecule has 0 spiro atoms. The number of carbonyl (C=O) groups excluding carboxylic acids is 2. The molecule has 0 saturated heterocycles. The van der Waals surface area contributed by atoms with Gasteiger partial charge in [-0.3, -0.25) is 9.59 Å². The summed E-state index contributed by atoms with van der Waals surface area (Å²) in [5.41, 5.74) is 6.84. The van der Waals surface area contributed by atoms with Crippen LogP contribution in [0.1, 0.15) is 46.0 Å². The molecule has 2 amide bonds. The van der Waals surface area contributed by atoms with Crippen LogP contribution in [0.3, 0.4) is 0 Å². The Labute approximate surface area is 144 Å². The fourth-order valence-corrected chi connectivity index (χ4v) is 3.35. The van der Waals surface area contributed by atoms with E-state index in [4.69, 9.17) is 5.73 Å². The number of amides is 2. The van der Waals surface area contributed by atoms with Crippen LogP contribution in [0.15, 0.2) is 30.3 Å². The molecule has 1 saturated carbocycles. The Morgan fingerprint density at radius 2 is 2.00 bits per heavy atom. The number of nitrogens with one attached hydrogen (secondary N) is 1. The van der Waals surface area contributed by atoms with Crippen molar-refractivity contribution in [1.29, 1.82) is 0 Å². The minimum atomic E-state index is -0.490. The first-order chi connectivity index (χ1) is 11.5. The van der Waals surface area contributed by atoms with Gasteiger partial charge in [-0.1, -0.05) is 31.5 Å². The third-order valence-electron chi connectivity index (χ3n) is 4.83. The number of anilines is 1. The Hall–Kier alpha value is -1.88. The molecular weight excluding hydrogens is 302 g/mol. The van der Waals surface area contributed by atoms with E-state index in [1.807, 2.05) is 37.3 Å². The van der Waals surface area contributed by atoms with Gasteiger partial charge in [0.15, 0.2) is 0 Å². The van der Waals surface area contributed by atoms with Gasteiger partial charge >= 0.3 is 0 Å². The predicted octanol–water partition coefficient (Wildman–Crippen LogP) is 2.77. The third kappa shape index (κ3) is 4.81. The highest BCUT2D eigenvalue weighted by atomic mass is 16.2. The van der Waals surface area contributed by atoms with Gasteiger partial charge in [-0.05, 0) is 44.2 Å². The second-order valence-corrected chi connectivity index (χ2v) is 6.68. The van der Waals surface area contributed by atoms with Crippen LogP contribution in [0.2, 0.25) is 0 Å². The van der Waals surface area contributed by atoms with Crippen LogP contribution in [0, 0.1) is 5.92 Å². The van der Waals surface area contributed by atoms with E-state index >= 15 is 0 Å². The lowest BCUT2D eigenvalue weighted by Crippen LogP contribution is -2.47. The second-order valence-electron chi connectivity index (χ2n) is 6.68. The van der Waals surface area contributed by atoms with Crippen LogP contribution in [-0.2, 0) is 9.59 Å². The van der Waals surface area contributed by atoms with E-state index < -0.39 is 6.04 Å². The van der Waals surface area contributed by atoms with E-state index in [-0.39, 0.29) is 23.8 Å². The molecule has 1 aliphatic rings. The molecule has 0 aromatic heterocycles. The first kappa shape index (κ1) is 18.5. The van der Waals surface area contributed by atoms with Crippen molar-refractivity contribution in [2.75, 3.05) is 11.9 Å². The van der Waals surface area contributed by atoms with E-state index in [2.05, 4.69) is 5.32 Å². The van der Waals surface area contributed by atoms with Gasteiger partial charge in [-0.15, -0.1) is 0 Å². The summed E-state index contributed by atoms with van der Waals surface area (Å²) in [6, 6.07) is 8.95. The van der Waals surface area contributed by atoms with Crippen LogP contribution in [-0.4, -0.2) is 35.3 Å². The highest BCUT2D eigenvalue weighted by Crippen LogP contribution is 2.27. The number of benzene rings is 1. The van der Waals surface area contributed by atoms with Crippen molar-refractivity contribution in [3.63, 3.8) is 0 Å². The van der Waals surface area contributed by atoms with Gasteiger partial charge < -0.3 is 16.0 Å². The van der Waals surface area contributed by atoms with Gasteiger partial charge in [-0.25, -0.2) is 0 Å². The number of nitrogens with zero attached hydrogens (tertiary/aromatic N) is 1. The van der Waals surface area contributed by atoms with E-state index in [0.29, 0.717) is 13.0 Å². The quantitative estimate of drug-likeness (QED) is 0.806. The van der Waals surface area contributed by atoms with Crippen LogP contribution in [0.4, 0.5) is 5.69 Å². The number of para-hydroxylation sites is 1. The van der Waals surface area contributed by atoms with Crippen molar-refractivity contribution in [2.45, 2.75) is 58.0 Å². The Kier molecular flexibility index (Phi) is 6.79. The Morgan fingerprint density at radius 3 is 2.58 bits per heavy atom. The maximum Gasteiger partial charge on any atom is 0.246 e. The molecule has 3 atom stereocenters. The molecule has 0 heterocycles. The van der Waals surface area contributed by atoms with Crippen LogP contribution >= 0.6 is 0 Å². The van der Waals surface area contributed by atoms with Gasteiger partial charge in [0.05, 0.1) is 0 Å². The fourth-order valence-electron chi connectivity index (χ4n) is 3.35. The second kappa shape index (κ2) is 8.83. The van der Waals surface area contributed by atoms with Gasteiger partial charge in [-0.2, -0.15) is 0 Å². The molecule has 2 rings (SSSR count). The van der Waals surface area contributed by atoms with E-state index in [9.17, 15) is 9.59 Å². The third-order valence-corrected chi connectivity index (χ3v) is 4.83. The zero-order valence-corrected chi connectivity index (χ0v) is 14.7. The van der Waals surface area contributed by atoms with Crippen LogP contribution in [0.25, 0.3) is 0 Å². The summed E-state index contributed by atoms with van der Waals surface area (Å²) in [6.45, 7) is 4.40. The number of nitrogens with two attached hydrogens (primary N) is 1. The lowest BCUT2D eigenvalue weighted by atomic mass is 9.99. The highest BCUT2D eigenvalue weighted by molar-refractivity contribution is 5.96. The van der Waals surface area contributed by atoms with Gasteiger partial charge in [0.2, 0.25) is 11.8 Å². The van der Waals surface area contributed by atoms with Crippen molar-refractivity contribution in [3.8, 4) is 0 Å². The largest absolute Gasteiger partial charge is 0.331 e. The normalized spacial score (nSPS) is 21.3. The zero-order valence-electron chi connectivity index (χ0n) is 14.7. The molecule has 0 aliphatic heterocycles. The minimum absolute atomic E-state index is 0.0370. The standard InChI is InChI=1S/C19H29N3O2/c1-3-12-22(18(23)13-15-8-7-11-17(15)20)14(2)19(24)21-16-9-5-4-6-10-16/h4-6,9-10,14-15,17H,3,7-8,11-13,20H2,1-2H3,(H,21,24)/t14?,15-,17+/m0/s1. The number of carbonyl (C=O) groups is 2. The van der Waals surface area contributed by atoms with Crippen molar-refractivity contribution < 1.29 is 9.59 Å². The number of hydrogen-bond donors (Lipinski definition) is 2. The Bertz CT molecular complexity index is 547. The van der Waals surface area contributed by atoms with Crippen molar-refractivity contribution in [3.05, 3.63) is 30.3 Å². The minimum Gasteiger partial charge on any atom is -0.331 e. The molecular formula is C19H29N3O2. The topological polar surface area (TPSA) is 75.4 Å². The van der Waals surface area contributed by atoms with Crippen molar-refractivity contribution in [2.24, 2.45) is 11.7 Å². The summed E-state index contributed by atoms with van der Waals surface area (Å²) in [5, 5.41) is 2.88. The van der Waals surface area contributed by atoms with Gasteiger partial charge in [0, 0.05) is 24.7 Å². The van der Waals surface area contributed by atoms with E-state index in [1.54, 1.807) is 11.8 Å². The highest BCUT2D eigenvalue weighted by Gasteiger charge is 2.31. The molecule has 1 aliphatic carbocycles. The van der Waals surface area contributed by atoms with Crippen molar-refractivity contribution >= 4 is 17.5 Å². The van der Waals surface area contributed by atoms with Crippen LogP contribution in [0.5, 0.6) is 0 Å². The maximum absolute atomic E-state index is 12.7. The number of rotatable bonds is 7. The molecule has 1 fully saturated rings. The summed E-state index contributed by atoms with van der Waals surface area (Å²) in [4.78, 5) is 26.9. The lowest BCUT2D eigenvalue weighted by molar-refractivity contribution is -0.139. The Morgan fingerprint density at radius 1 is 1.29 bits per heavy atom. The van der Waals surface area contributed by atoms with Crippen LogP contribution < -0.4 is 11.1 Å². The molecule has 24 heavy (non-hydrogen) atoms. The lowest BCUT2D eigenvalue weighted by Gasteiger charge is -2.30. The maximum atomic E-state index is 12.7. The average Bonchev–Trinajstić information content (AvgIpc) is 2.97. The van der Waals surface area contributed by atoms with Gasteiger partial charge in [0.25, 0.3) is 0 Å². The molecule has 132 valence electrons. The smallest absolute Gasteiger partial charge is 0.246 e. The molecule has 0 bridgehead atoms. The summed E-state index contributed by atoms with van der Waals surface area (Å²) >= 11 is 0. The molecule has 3 N–H and O–H groups in total. The average molecular weight is 331 g/mol. The van der Waals surface area contributed by atoms with E-state index in [0.717, 1.165) is 31.4 Å². The summed E-state index contributed by atoms with van der Waals surface area (Å²) in [7, 11) is 0. The molecule has 5 heteroatoms. The summed E-state index contributed by atoms with van der Waals surface area (Å²) in [5.74, 6) is 0.134. The first-order valence-electron chi connectivity index (χ1n) is 8.94. The van der Waals surface area contributed by atoms with E-state index in [1.165, 1.54) is 0 Å². The first-order valence-corrected chi connectivity index (χ1v) is 8.94. The molecule has 1 aromatic rings. The SMILES string of the molecule is CCCN(C(=O)C[C@@H]1CCC[C@H]1N)C(C)C(=O)Nc1ccccc1. The predicted molar refractivity (Wildman–Crippen MR) is 96.5 cm³/mol.